The molecule has 1 N–H and O–H groups in total. The van der Waals surface area contributed by atoms with E-state index in [9.17, 15) is 21.2 Å². The van der Waals surface area contributed by atoms with Crippen LogP contribution in [0.15, 0.2) is 47.0 Å². The number of sulfonamides is 1. The smallest absolute Gasteiger partial charge is 0.326 e. The van der Waals surface area contributed by atoms with E-state index in [1.54, 1.807) is 24.3 Å². The second kappa shape index (κ2) is 6.97. The van der Waals surface area contributed by atoms with Crippen LogP contribution in [0.4, 0.5) is 15.8 Å². The van der Waals surface area contributed by atoms with Crippen molar-refractivity contribution in [3.05, 3.63) is 54.0 Å². The highest BCUT2D eigenvalue weighted by atomic mass is 32.2. The lowest BCUT2D eigenvalue weighted by atomic mass is 10.2. The molecule has 0 unspecified atom stereocenters. The van der Waals surface area contributed by atoms with E-state index in [1.807, 2.05) is 0 Å². The molecule has 2 heterocycles. The Bertz CT molecular complexity index is 1290. The quantitative estimate of drug-likeness (QED) is 0.623. The molecule has 0 atom stereocenters. The number of hydrogen-bond acceptors (Lipinski definition) is 6. The van der Waals surface area contributed by atoms with Crippen LogP contribution in [0.25, 0.3) is 11.0 Å². The minimum atomic E-state index is -3.90. The van der Waals surface area contributed by atoms with Crippen molar-refractivity contribution in [1.29, 1.82) is 0 Å². The van der Waals surface area contributed by atoms with Crippen molar-refractivity contribution in [3.63, 3.8) is 0 Å². The van der Waals surface area contributed by atoms with E-state index >= 15 is 0 Å². The first-order valence-electron chi connectivity index (χ1n) is 8.56. The SMILES string of the molecule is CN1c2ccc(F)cc2N(CCNS(=O)(=O)Cc2noc3ccccc23)S1(=O)=O. The molecule has 0 aliphatic carbocycles. The number of para-hydroxylation sites is 1. The Morgan fingerprint density at radius 1 is 1.17 bits per heavy atom. The molecule has 1 aromatic heterocycles. The van der Waals surface area contributed by atoms with Gasteiger partial charge in [0, 0.05) is 31.6 Å². The maximum atomic E-state index is 13.6. The number of rotatable bonds is 6. The van der Waals surface area contributed by atoms with Gasteiger partial charge in [-0.15, -0.1) is 0 Å². The van der Waals surface area contributed by atoms with Crippen molar-refractivity contribution < 1.29 is 25.7 Å². The largest absolute Gasteiger partial charge is 0.356 e. The number of nitrogens with one attached hydrogen (secondary N) is 1. The second-order valence-electron chi connectivity index (χ2n) is 6.46. The third-order valence-electron chi connectivity index (χ3n) is 4.59. The van der Waals surface area contributed by atoms with Gasteiger partial charge < -0.3 is 4.52 Å². The van der Waals surface area contributed by atoms with E-state index in [1.165, 1.54) is 19.2 Å². The fourth-order valence-corrected chi connectivity index (χ4v) is 5.66. The molecule has 4 rings (SSSR count). The van der Waals surface area contributed by atoms with Gasteiger partial charge >= 0.3 is 10.2 Å². The molecule has 0 saturated carbocycles. The van der Waals surface area contributed by atoms with E-state index in [0.717, 1.165) is 14.7 Å². The fourth-order valence-electron chi connectivity index (χ4n) is 3.17. The molecule has 29 heavy (non-hydrogen) atoms. The predicted octanol–water partition coefficient (Wildman–Crippen LogP) is 1.59. The third kappa shape index (κ3) is 3.54. The summed E-state index contributed by atoms with van der Waals surface area (Å²) in [6, 6.07) is 10.5. The zero-order valence-corrected chi connectivity index (χ0v) is 16.9. The Labute approximate surface area is 166 Å². The lowest BCUT2D eigenvalue weighted by Gasteiger charge is -2.19. The van der Waals surface area contributed by atoms with Crippen molar-refractivity contribution >= 4 is 42.6 Å². The summed E-state index contributed by atoms with van der Waals surface area (Å²) in [6.45, 7) is -0.386. The van der Waals surface area contributed by atoms with Gasteiger partial charge in [-0.25, -0.2) is 21.8 Å². The van der Waals surface area contributed by atoms with Crippen LogP contribution in [0.1, 0.15) is 5.69 Å². The number of benzene rings is 2. The van der Waals surface area contributed by atoms with Gasteiger partial charge in [0.05, 0.1) is 11.4 Å². The van der Waals surface area contributed by atoms with E-state index in [4.69, 9.17) is 4.52 Å². The minimum Gasteiger partial charge on any atom is -0.356 e. The molecule has 0 spiro atoms. The molecule has 2 aromatic carbocycles. The summed E-state index contributed by atoms with van der Waals surface area (Å²) in [5.74, 6) is -1.00. The maximum absolute atomic E-state index is 13.6. The van der Waals surface area contributed by atoms with E-state index in [0.29, 0.717) is 16.7 Å². The molecule has 0 amide bonds. The zero-order chi connectivity index (χ0) is 20.8. The highest BCUT2D eigenvalue weighted by Crippen LogP contribution is 2.39. The monoisotopic (exact) mass is 440 g/mol. The highest BCUT2D eigenvalue weighted by Gasteiger charge is 2.38. The zero-order valence-electron chi connectivity index (χ0n) is 15.2. The van der Waals surface area contributed by atoms with Crippen LogP contribution in [0.3, 0.4) is 0 Å². The molecule has 0 radical (unpaired) electrons. The summed E-state index contributed by atoms with van der Waals surface area (Å²) >= 11 is 0. The van der Waals surface area contributed by atoms with Crippen LogP contribution in [0.5, 0.6) is 0 Å². The average Bonchev–Trinajstić information content (AvgIpc) is 3.14. The molecule has 0 fully saturated rings. The first-order valence-corrected chi connectivity index (χ1v) is 11.6. The summed E-state index contributed by atoms with van der Waals surface area (Å²) < 4.78 is 73.0. The first-order chi connectivity index (χ1) is 13.7. The molecule has 0 saturated heterocycles. The lowest BCUT2D eigenvalue weighted by molar-refractivity contribution is 0.448. The van der Waals surface area contributed by atoms with Crippen LogP contribution in [0.2, 0.25) is 0 Å². The Hall–Kier alpha value is -2.70. The number of nitrogens with zero attached hydrogens (tertiary/aromatic N) is 3. The number of fused-ring (bicyclic) bond motifs is 2. The Balaban J connectivity index is 1.48. The van der Waals surface area contributed by atoms with Gasteiger partial charge in [-0.1, -0.05) is 17.3 Å². The van der Waals surface area contributed by atoms with E-state index < -0.39 is 31.8 Å². The number of halogens is 1. The normalized spacial score (nSPS) is 15.8. The molecular formula is C17H17FN4O5S2. The van der Waals surface area contributed by atoms with Gasteiger partial charge in [-0.05, 0) is 24.3 Å². The van der Waals surface area contributed by atoms with Crippen molar-refractivity contribution in [2.24, 2.45) is 0 Å². The standard InChI is InChI=1S/C17H17FN4O5S2/c1-21-15-7-6-12(18)10-16(15)22(29(21,25)26)9-8-19-28(23,24)11-14-13-4-2-3-5-17(13)27-20-14/h2-7,10,19H,8-9,11H2,1H3. The van der Waals surface area contributed by atoms with Crippen LogP contribution in [-0.2, 0) is 26.0 Å². The van der Waals surface area contributed by atoms with Gasteiger partial charge in [0.15, 0.2) is 5.58 Å². The summed E-state index contributed by atoms with van der Waals surface area (Å²) in [5, 5.41) is 4.38. The minimum absolute atomic E-state index is 0.161. The predicted molar refractivity (Wildman–Crippen MR) is 106 cm³/mol. The number of hydrogen-bond donors (Lipinski definition) is 1. The van der Waals surface area contributed by atoms with Crippen molar-refractivity contribution in [1.82, 2.24) is 9.88 Å². The molecule has 1 aliphatic heterocycles. The second-order valence-corrected chi connectivity index (χ2v) is 10.2. The summed E-state index contributed by atoms with van der Waals surface area (Å²) in [4.78, 5) is 0. The maximum Gasteiger partial charge on any atom is 0.326 e. The van der Waals surface area contributed by atoms with Crippen LogP contribution >= 0.6 is 0 Å². The Morgan fingerprint density at radius 2 is 1.93 bits per heavy atom. The summed E-state index contributed by atoms with van der Waals surface area (Å²) in [7, 11) is -6.35. The molecule has 3 aromatic rings. The Kier molecular flexibility index (Phi) is 4.71. The van der Waals surface area contributed by atoms with Crippen LogP contribution < -0.4 is 13.3 Å². The fraction of sp³-hybridized carbons (Fsp3) is 0.235. The highest BCUT2D eigenvalue weighted by molar-refractivity contribution is 7.94. The molecule has 154 valence electrons. The van der Waals surface area contributed by atoms with Crippen molar-refractivity contribution in [2.45, 2.75) is 5.75 Å². The molecule has 9 nitrogen and oxygen atoms in total. The topological polar surface area (TPSA) is 113 Å². The van der Waals surface area contributed by atoms with E-state index in [2.05, 4.69) is 9.88 Å². The van der Waals surface area contributed by atoms with Crippen molar-refractivity contribution in [2.75, 3.05) is 28.7 Å². The van der Waals surface area contributed by atoms with E-state index in [-0.39, 0.29) is 24.5 Å². The molecule has 12 heteroatoms. The molecular weight excluding hydrogens is 423 g/mol. The summed E-state index contributed by atoms with van der Waals surface area (Å²) in [5.41, 5.74) is 1.22. The number of aromatic nitrogens is 1. The first kappa shape index (κ1) is 19.6. The van der Waals surface area contributed by atoms with Crippen LogP contribution in [0, 0.1) is 5.82 Å². The van der Waals surface area contributed by atoms with Crippen molar-refractivity contribution in [3.8, 4) is 0 Å². The number of anilines is 2. The van der Waals surface area contributed by atoms with Gasteiger partial charge in [0.1, 0.15) is 17.3 Å². The van der Waals surface area contributed by atoms with Gasteiger partial charge in [0.25, 0.3) is 0 Å². The van der Waals surface area contributed by atoms with Gasteiger partial charge in [0.2, 0.25) is 10.0 Å². The molecule has 0 bridgehead atoms. The average molecular weight is 440 g/mol. The molecule has 1 aliphatic rings. The lowest BCUT2D eigenvalue weighted by Crippen LogP contribution is -2.40. The van der Waals surface area contributed by atoms with Crippen LogP contribution in [-0.4, -0.2) is 42.1 Å². The van der Waals surface area contributed by atoms with Gasteiger partial charge in [-0.2, -0.15) is 8.42 Å². The third-order valence-corrected chi connectivity index (χ3v) is 7.71. The van der Waals surface area contributed by atoms with Gasteiger partial charge in [-0.3, -0.25) is 4.31 Å². The summed E-state index contributed by atoms with van der Waals surface area (Å²) in [6.07, 6.45) is 0. The Morgan fingerprint density at radius 3 is 2.72 bits per heavy atom.